The van der Waals surface area contributed by atoms with Crippen molar-refractivity contribution in [3.05, 3.63) is 17.7 Å². The van der Waals surface area contributed by atoms with Crippen molar-refractivity contribution in [1.82, 2.24) is 0 Å². The highest BCUT2D eigenvalue weighted by Gasteiger charge is 2.21. The smallest absolute Gasteiger partial charge is 0.342 e. The van der Waals surface area contributed by atoms with Crippen LogP contribution < -0.4 is 14.2 Å². The van der Waals surface area contributed by atoms with Gasteiger partial charge < -0.3 is 18.9 Å². The summed E-state index contributed by atoms with van der Waals surface area (Å²) in [6.45, 7) is 2.01. The van der Waals surface area contributed by atoms with Gasteiger partial charge in [0.05, 0.1) is 27.9 Å². The van der Waals surface area contributed by atoms with Crippen molar-refractivity contribution < 1.29 is 23.7 Å². The van der Waals surface area contributed by atoms with Crippen LogP contribution in [-0.4, -0.2) is 33.9 Å². The average Bonchev–Trinajstić information content (AvgIpc) is 2.36. The molecule has 0 N–H and O–H groups in total. The number of hydrogen-bond acceptors (Lipinski definition) is 5. The summed E-state index contributed by atoms with van der Waals surface area (Å²) in [5.41, 5.74) is 0.187. The van der Waals surface area contributed by atoms with Gasteiger partial charge in [-0.05, 0) is 13.0 Å². The van der Waals surface area contributed by atoms with Gasteiger partial charge in [0.15, 0.2) is 11.5 Å². The van der Waals surface area contributed by atoms with Crippen LogP contribution in [0.4, 0.5) is 0 Å². The van der Waals surface area contributed by atoms with Gasteiger partial charge in [-0.1, -0.05) is 0 Å². The van der Waals surface area contributed by atoms with Gasteiger partial charge >= 0.3 is 5.97 Å². The van der Waals surface area contributed by atoms with Gasteiger partial charge in [0.2, 0.25) is 5.75 Å². The van der Waals surface area contributed by atoms with Crippen LogP contribution >= 0.6 is 0 Å². The van der Waals surface area contributed by atoms with E-state index in [9.17, 15) is 4.79 Å². The van der Waals surface area contributed by atoms with Gasteiger partial charge in [0, 0.05) is 6.07 Å². The zero-order valence-corrected chi connectivity index (χ0v) is 10.3. The van der Waals surface area contributed by atoms with E-state index < -0.39 is 5.97 Å². The molecule has 5 heteroatoms. The van der Waals surface area contributed by atoms with Crippen molar-refractivity contribution in [2.75, 3.05) is 27.9 Å². The summed E-state index contributed by atoms with van der Waals surface area (Å²) >= 11 is 0. The minimum absolute atomic E-state index is 0.187. The van der Waals surface area contributed by atoms with E-state index in [1.165, 1.54) is 27.4 Å². The van der Waals surface area contributed by atoms with Gasteiger partial charge in [-0.3, -0.25) is 0 Å². The number of carbonyl (C=O) groups is 1. The van der Waals surface area contributed by atoms with E-state index in [4.69, 9.17) is 18.9 Å². The minimum Gasteiger partial charge on any atom is -0.493 e. The molecule has 0 heterocycles. The molecule has 0 amide bonds. The molecular formula is C12H15O5. The molecule has 0 aliphatic carbocycles. The summed E-state index contributed by atoms with van der Waals surface area (Å²) in [5.74, 6) is 0.532. The molecule has 0 unspecified atom stereocenters. The average molecular weight is 239 g/mol. The first-order valence-electron chi connectivity index (χ1n) is 5.07. The van der Waals surface area contributed by atoms with Gasteiger partial charge in [-0.15, -0.1) is 0 Å². The van der Waals surface area contributed by atoms with Gasteiger partial charge in [0.1, 0.15) is 5.56 Å². The quantitative estimate of drug-likeness (QED) is 0.732. The Morgan fingerprint density at radius 2 is 1.82 bits per heavy atom. The molecule has 0 atom stereocenters. The van der Waals surface area contributed by atoms with Crippen LogP contribution in [0.2, 0.25) is 0 Å². The molecule has 0 bridgehead atoms. The Balaban J connectivity index is 3.27. The number of esters is 1. The summed E-state index contributed by atoms with van der Waals surface area (Å²) in [4.78, 5) is 11.7. The number of carbonyl (C=O) groups excluding carboxylic acids is 1. The summed E-state index contributed by atoms with van der Waals surface area (Å²) in [7, 11) is 4.40. The molecule has 17 heavy (non-hydrogen) atoms. The Morgan fingerprint density at radius 1 is 1.18 bits per heavy atom. The first-order valence-corrected chi connectivity index (χ1v) is 5.07. The second-order valence-corrected chi connectivity index (χ2v) is 3.02. The van der Waals surface area contributed by atoms with E-state index in [0.29, 0.717) is 11.5 Å². The number of benzene rings is 1. The maximum Gasteiger partial charge on any atom is 0.342 e. The number of ether oxygens (including phenoxy) is 4. The highest BCUT2D eigenvalue weighted by atomic mass is 16.5. The Hall–Kier alpha value is -1.91. The van der Waals surface area contributed by atoms with E-state index in [1.807, 2.05) is 0 Å². The summed E-state index contributed by atoms with van der Waals surface area (Å²) in [6, 6.07) is 4.27. The standard InChI is InChI=1S/C12H15O5/c1-5-17-12(13)8-6-7-9(14-2)11(16-4)10(8)15-3/h7H,5H2,1-4H3. The molecule has 0 saturated carbocycles. The molecule has 5 nitrogen and oxygen atoms in total. The monoisotopic (exact) mass is 239 g/mol. The molecule has 0 aromatic heterocycles. The predicted molar refractivity (Wildman–Crippen MR) is 60.9 cm³/mol. The minimum atomic E-state index is -0.509. The van der Waals surface area contributed by atoms with Crippen LogP contribution in [0, 0.1) is 6.07 Å². The molecule has 0 saturated heterocycles. The molecule has 93 valence electrons. The van der Waals surface area contributed by atoms with E-state index in [2.05, 4.69) is 6.07 Å². The van der Waals surface area contributed by atoms with Crippen LogP contribution in [0.15, 0.2) is 6.07 Å². The van der Waals surface area contributed by atoms with Crippen LogP contribution in [0.3, 0.4) is 0 Å². The Morgan fingerprint density at radius 3 is 2.29 bits per heavy atom. The fraction of sp³-hybridized carbons (Fsp3) is 0.417. The van der Waals surface area contributed by atoms with Crippen LogP contribution in [0.5, 0.6) is 17.2 Å². The lowest BCUT2D eigenvalue weighted by Gasteiger charge is -2.14. The van der Waals surface area contributed by atoms with E-state index in [0.717, 1.165) is 0 Å². The van der Waals surface area contributed by atoms with Crippen molar-refractivity contribution in [1.29, 1.82) is 0 Å². The van der Waals surface area contributed by atoms with Crippen LogP contribution in [-0.2, 0) is 4.74 Å². The first-order chi connectivity index (χ1) is 8.19. The highest BCUT2D eigenvalue weighted by Crippen LogP contribution is 2.39. The number of rotatable bonds is 5. The zero-order valence-electron chi connectivity index (χ0n) is 10.3. The maximum atomic E-state index is 11.7. The lowest BCUT2D eigenvalue weighted by atomic mass is 10.1. The lowest BCUT2D eigenvalue weighted by molar-refractivity contribution is 0.0521. The van der Waals surface area contributed by atoms with E-state index in [-0.39, 0.29) is 17.9 Å². The molecule has 0 aliphatic rings. The predicted octanol–water partition coefficient (Wildman–Crippen LogP) is 1.69. The number of hydrogen-bond donors (Lipinski definition) is 0. The first kappa shape index (κ1) is 13.2. The SMILES string of the molecule is CCOC(=O)c1[c]cc(OC)c(OC)c1OC. The fourth-order valence-corrected chi connectivity index (χ4v) is 1.39. The van der Waals surface area contributed by atoms with Crippen molar-refractivity contribution in [2.24, 2.45) is 0 Å². The largest absolute Gasteiger partial charge is 0.493 e. The third-order valence-corrected chi connectivity index (χ3v) is 2.11. The van der Waals surface area contributed by atoms with E-state index >= 15 is 0 Å². The number of methoxy groups -OCH3 is 3. The Labute approximate surface area is 100 Å². The topological polar surface area (TPSA) is 54.0 Å². The van der Waals surface area contributed by atoms with Crippen molar-refractivity contribution in [3.63, 3.8) is 0 Å². The summed E-state index contributed by atoms with van der Waals surface area (Å²) in [6.07, 6.45) is 0. The maximum absolute atomic E-state index is 11.7. The molecule has 0 aliphatic heterocycles. The van der Waals surface area contributed by atoms with Crippen LogP contribution in [0.25, 0.3) is 0 Å². The third-order valence-electron chi connectivity index (χ3n) is 2.11. The molecule has 1 aromatic carbocycles. The molecular weight excluding hydrogens is 224 g/mol. The van der Waals surface area contributed by atoms with Crippen LogP contribution in [0.1, 0.15) is 17.3 Å². The van der Waals surface area contributed by atoms with Crippen molar-refractivity contribution in [2.45, 2.75) is 6.92 Å². The second-order valence-electron chi connectivity index (χ2n) is 3.02. The molecule has 0 fully saturated rings. The summed E-state index contributed by atoms with van der Waals surface area (Å²) in [5, 5.41) is 0. The zero-order chi connectivity index (χ0) is 12.8. The van der Waals surface area contributed by atoms with Crippen molar-refractivity contribution >= 4 is 5.97 Å². The lowest BCUT2D eigenvalue weighted by Crippen LogP contribution is -2.08. The third kappa shape index (κ3) is 2.61. The van der Waals surface area contributed by atoms with Gasteiger partial charge in [-0.2, -0.15) is 0 Å². The van der Waals surface area contributed by atoms with Gasteiger partial charge in [-0.25, -0.2) is 4.79 Å². The second kappa shape index (κ2) is 5.98. The van der Waals surface area contributed by atoms with E-state index in [1.54, 1.807) is 6.92 Å². The van der Waals surface area contributed by atoms with Gasteiger partial charge in [0.25, 0.3) is 0 Å². The summed E-state index contributed by atoms with van der Waals surface area (Å²) < 4.78 is 20.3. The molecule has 1 rings (SSSR count). The fourth-order valence-electron chi connectivity index (χ4n) is 1.39. The molecule has 0 spiro atoms. The normalized spacial score (nSPS) is 9.65. The molecule has 1 aromatic rings. The highest BCUT2D eigenvalue weighted by molar-refractivity contribution is 5.93. The van der Waals surface area contributed by atoms with Crippen molar-refractivity contribution in [3.8, 4) is 17.2 Å². The Kier molecular flexibility index (Phi) is 4.63. The molecule has 1 radical (unpaired) electrons. The Bertz CT molecular complexity index is 400.